The van der Waals surface area contributed by atoms with Gasteiger partial charge in [-0.15, -0.1) is 0 Å². The van der Waals surface area contributed by atoms with Gasteiger partial charge >= 0.3 is 0 Å². The normalized spacial score (nSPS) is 18.6. The zero-order valence-electron chi connectivity index (χ0n) is 13.0. The predicted molar refractivity (Wildman–Crippen MR) is 83.0 cm³/mol. The number of methoxy groups -OCH3 is 2. The van der Waals surface area contributed by atoms with Gasteiger partial charge in [-0.3, -0.25) is 0 Å². The van der Waals surface area contributed by atoms with Crippen LogP contribution in [0, 0.1) is 5.92 Å². The summed E-state index contributed by atoms with van der Waals surface area (Å²) in [6.45, 7) is 7.65. The molecule has 0 amide bonds. The number of nitrogens with one attached hydrogen (secondary N) is 1. The van der Waals surface area contributed by atoms with E-state index in [2.05, 4.69) is 30.1 Å². The summed E-state index contributed by atoms with van der Waals surface area (Å²) >= 11 is 0. The summed E-state index contributed by atoms with van der Waals surface area (Å²) in [7, 11) is 3.39. The fraction of sp³-hybridized carbons (Fsp3) is 0.625. The van der Waals surface area contributed by atoms with Gasteiger partial charge in [0.05, 0.1) is 19.9 Å². The average molecular weight is 278 g/mol. The van der Waals surface area contributed by atoms with Gasteiger partial charge in [0.15, 0.2) is 0 Å². The number of rotatable bonds is 6. The molecule has 0 aliphatic carbocycles. The van der Waals surface area contributed by atoms with Crippen LogP contribution in [0.25, 0.3) is 0 Å². The zero-order chi connectivity index (χ0) is 14.5. The predicted octanol–water partition coefficient (Wildman–Crippen LogP) is 2.53. The second-order valence-electron chi connectivity index (χ2n) is 5.70. The van der Waals surface area contributed by atoms with Crippen molar-refractivity contribution < 1.29 is 9.47 Å². The van der Waals surface area contributed by atoms with Gasteiger partial charge in [0.25, 0.3) is 0 Å². The number of ether oxygens (including phenoxy) is 2. The van der Waals surface area contributed by atoms with Crippen molar-refractivity contribution >= 4 is 5.69 Å². The Hall–Kier alpha value is -1.42. The minimum absolute atomic E-state index is 0.555. The SMILES string of the molecule is COc1ccc(N2CCC(CNC(C)C)C2)c(OC)c1. The molecule has 1 fully saturated rings. The Morgan fingerprint density at radius 2 is 2.10 bits per heavy atom. The maximum atomic E-state index is 5.50. The van der Waals surface area contributed by atoms with Crippen molar-refractivity contribution in [2.75, 3.05) is 38.8 Å². The fourth-order valence-corrected chi connectivity index (χ4v) is 2.67. The minimum Gasteiger partial charge on any atom is -0.497 e. The molecular weight excluding hydrogens is 252 g/mol. The molecule has 0 spiro atoms. The third-order valence-corrected chi connectivity index (χ3v) is 3.83. The molecule has 1 aliphatic heterocycles. The zero-order valence-corrected chi connectivity index (χ0v) is 13.0. The molecule has 20 heavy (non-hydrogen) atoms. The summed E-state index contributed by atoms with van der Waals surface area (Å²) < 4.78 is 10.7. The first-order chi connectivity index (χ1) is 9.63. The maximum Gasteiger partial charge on any atom is 0.145 e. The van der Waals surface area contributed by atoms with Crippen LogP contribution in [-0.2, 0) is 0 Å². The van der Waals surface area contributed by atoms with Crippen LogP contribution in [0.15, 0.2) is 18.2 Å². The lowest BCUT2D eigenvalue weighted by Gasteiger charge is -2.22. The highest BCUT2D eigenvalue weighted by Crippen LogP contribution is 2.35. The molecule has 1 atom stereocenters. The summed E-state index contributed by atoms with van der Waals surface area (Å²) in [5.74, 6) is 2.44. The summed E-state index contributed by atoms with van der Waals surface area (Å²) in [4.78, 5) is 2.41. The highest BCUT2D eigenvalue weighted by Gasteiger charge is 2.24. The first-order valence-electron chi connectivity index (χ1n) is 7.34. The Morgan fingerprint density at radius 1 is 1.30 bits per heavy atom. The van der Waals surface area contributed by atoms with Crippen molar-refractivity contribution in [2.24, 2.45) is 5.92 Å². The van der Waals surface area contributed by atoms with Crippen LogP contribution in [0.2, 0.25) is 0 Å². The number of benzene rings is 1. The molecule has 1 unspecified atom stereocenters. The maximum absolute atomic E-state index is 5.50. The Kier molecular flexibility index (Phi) is 5.12. The van der Waals surface area contributed by atoms with Gasteiger partial charge in [-0.25, -0.2) is 0 Å². The van der Waals surface area contributed by atoms with E-state index in [1.54, 1.807) is 14.2 Å². The molecule has 0 bridgehead atoms. The van der Waals surface area contributed by atoms with E-state index < -0.39 is 0 Å². The van der Waals surface area contributed by atoms with Crippen molar-refractivity contribution in [2.45, 2.75) is 26.3 Å². The molecule has 0 saturated carbocycles. The summed E-state index contributed by atoms with van der Waals surface area (Å²) in [6.07, 6.45) is 1.23. The quantitative estimate of drug-likeness (QED) is 0.867. The summed E-state index contributed by atoms with van der Waals surface area (Å²) in [6, 6.07) is 6.60. The van der Waals surface area contributed by atoms with E-state index in [-0.39, 0.29) is 0 Å². The molecule has 1 aliphatic rings. The van der Waals surface area contributed by atoms with Gasteiger partial charge in [0.1, 0.15) is 11.5 Å². The van der Waals surface area contributed by atoms with E-state index in [0.29, 0.717) is 12.0 Å². The molecule has 1 aromatic carbocycles. The van der Waals surface area contributed by atoms with Crippen molar-refractivity contribution in [1.29, 1.82) is 0 Å². The first kappa shape index (κ1) is 15.0. The molecule has 4 heteroatoms. The smallest absolute Gasteiger partial charge is 0.145 e. The lowest BCUT2D eigenvalue weighted by atomic mass is 10.1. The lowest BCUT2D eigenvalue weighted by molar-refractivity contribution is 0.394. The molecule has 1 heterocycles. The van der Waals surface area contributed by atoms with Gasteiger partial charge in [0.2, 0.25) is 0 Å². The third-order valence-electron chi connectivity index (χ3n) is 3.83. The molecular formula is C16H26N2O2. The van der Waals surface area contributed by atoms with Crippen LogP contribution in [0.5, 0.6) is 11.5 Å². The van der Waals surface area contributed by atoms with Crippen LogP contribution in [0.3, 0.4) is 0 Å². The van der Waals surface area contributed by atoms with E-state index in [1.807, 2.05) is 12.1 Å². The number of anilines is 1. The Bertz CT molecular complexity index is 434. The second-order valence-corrected chi connectivity index (χ2v) is 5.70. The number of nitrogens with zero attached hydrogens (tertiary/aromatic N) is 1. The van der Waals surface area contributed by atoms with Crippen LogP contribution >= 0.6 is 0 Å². The van der Waals surface area contributed by atoms with E-state index in [9.17, 15) is 0 Å². The monoisotopic (exact) mass is 278 g/mol. The van der Waals surface area contributed by atoms with Crippen molar-refractivity contribution in [3.8, 4) is 11.5 Å². The lowest BCUT2D eigenvalue weighted by Crippen LogP contribution is -2.30. The standard InChI is InChI=1S/C16H26N2O2/c1-12(2)17-10-13-7-8-18(11-13)15-6-5-14(19-3)9-16(15)20-4/h5-6,9,12-13,17H,7-8,10-11H2,1-4H3. The fourth-order valence-electron chi connectivity index (χ4n) is 2.67. The van der Waals surface area contributed by atoms with Crippen LogP contribution in [0.4, 0.5) is 5.69 Å². The van der Waals surface area contributed by atoms with E-state index in [1.165, 1.54) is 12.1 Å². The summed E-state index contributed by atoms with van der Waals surface area (Å²) in [5.41, 5.74) is 1.17. The van der Waals surface area contributed by atoms with Crippen molar-refractivity contribution in [3.05, 3.63) is 18.2 Å². The van der Waals surface area contributed by atoms with Crippen molar-refractivity contribution in [1.82, 2.24) is 5.32 Å². The van der Waals surface area contributed by atoms with E-state index >= 15 is 0 Å². The molecule has 1 saturated heterocycles. The topological polar surface area (TPSA) is 33.7 Å². The summed E-state index contributed by atoms with van der Waals surface area (Å²) in [5, 5.41) is 3.53. The van der Waals surface area contributed by atoms with Gasteiger partial charge in [-0.1, -0.05) is 13.8 Å². The Morgan fingerprint density at radius 3 is 2.75 bits per heavy atom. The Balaban J connectivity index is 2.02. The van der Waals surface area contributed by atoms with Gasteiger partial charge in [-0.2, -0.15) is 0 Å². The van der Waals surface area contributed by atoms with Gasteiger partial charge < -0.3 is 19.7 Å². The van der Waals surface area contributed by atoms with Gasteiger partial charge in [-0.05, 0) is 31.0 Å². The molecule has 112 valence electrons. The molecule has 1 N–H and O–H groups in total. The molecule has 0 aromatic heterocycles. The first-order valence-corrected chi connectivity index (χ1v) is 7.34. The minimum atomic E-state index is 0.555. The van der Waals surface area contributed by atoms with Crippen LogP contribution in [0.1, 0.15) is 20.3 Å². The van der Waals surface area contributed by atoms with Crippen LogP contribution in [-0.4, -0.2) is 39.9 Å². The van der Waals surface area contributed by atoms with Crippen LogP contribution < -0.4 is 19.7 Å². The van der Waals surface area contributed by atoms with Gasteiger partial charge in [0, 0.05) is 25.2 Å². The third kappa shape index (κ3) is 3.57. The molecule has 1 aromatic rings. The highest BCUT2D eigenvalue weighted by molar-refractivity contribution is 5.61. The second kappa shape index (κ2) is 6.84. The van der Waals surface area contributed by atoms with E-state index in [0.717, 1.165) is 31.1 Å². The number of hydrogen-bond donors (Lipinski definition) is 1. The number of hydrogen-bond acceptors (Lipinski definition) is 4. The Labute approximate surface area is 122 Å². The molecule has 0 radical (unpaired) electrons. The average Bonchev–Trinajstić information content (AvgIpc) is 2.93. The highest BCUT2D eigenvalue weighted by atomic mass is 16.5. The molecule has 4 nitrogen and oxygen atoms in total. The van der Waals surface area contributed by atoms with Crippen molar-refractivity contribution in [3.63, 3.8) is 0 Å². The van der Waals surface area contributed by atoms with E-state index in [4.69, 9.17) is 9.47 Å². The molecule has 2 rings (SSSR count). The largest absolute Gasteiger partial charge is 0.497 e.